The molecule has 2 aromatic carbocycles. The summed E-state index contributed by atoms with van der Waals surface area (Å²) in [6, 6.07) is 10.2. The van der Waals surface area contributed by atoms with Crippen LogP contribution in [-0.2, 0) is 19.5 Å². The average Bonchev–Trinajstić information content (AvgIpc) is 2.90. The highest BCUT2D eigenvalue weighted by atomic mass is 35.5. The van der Waals surface area contributed by atoms with E-state index in [1.807, 2.05) is 6.92 Å². The molecular weight excluding hydrogens is 573 g/mol. The lowest BCUT2D eigenvalue weighted by molar-refractivity contribution is 0.00101. The molecule has 0 N–H and O–H groups in total. The summed E-state index contributed by atoms with van der Waals surface area (Å²) < 4.78 is 54.6. The molecule has 41 heavy (non-hydrogen) atoms. The first-order valence-electron chi connectivity index (χ1n) is 13.7. The monoisotopic (exact) mass is 609 g/mol. The van der Waals surface area contributed by atoms with Gasteiger partial charge in [0.05, 0.1) is 23.0 Å². The maximum Gasteiger partial charge on any atom is 0.410 e. The van der Waals surface area contributed by atoms with Gasteiger partial charge >= 0.3 is 12.2 Å². The third kappa shape index (κ3) is 7.50. The molecule has 0 bridgehead atoms. The van der Waals surface area contributed by atoms with Crippen molar-refractivity contribution in [2.75, 3.05) is 26.2 Å². The van der Waals surface area contributed by atoms with Gasteiger partial charge in [0, 0.05) is 24.7 Å². The smallest absolute Gasteiger partial charge is 0.410 e. The normalized spacial score (nSPS) is 22.3. The van der Waals surface area contributed by atoms with Crippen molar-refractivity contribution in [3.8, 4) is 0 Å². The second-order valence-corrected chi connectivity index (χ2v) is 13.8. The lowest BCUT2D eigenvalue weighted by atomic mass is 9.93. The van der Waals surface area contributed by atoms with Gasteiger partial charge in [-0.15, -0.1) is 0 Å². The molecular formula is C29H37ClFN3O6S. The predicted molar refractivity (Wildman–Crippen MR) is 153 cm³/mol. The van der Waals surface area contributed by atoms with Gasteiger partial charge < -0.3 is 19.3 Å². The van der Waals surface area contributed by atoms with E-state index >= 15 is 0 Å². The van der Waals surface area contributed by atoms with Crippen LogP contribution >= 0.6 is 11.6 Å². The summed E-state index contributed by atoms with van der Waals surface area (Å²) in [4.78, 5) is 28.8. The van der Waals surface area contributed by atoms with Crippen LogP contribution in [-0.4, -0.2) is 78.6 Å². The molecule has 2 aliphatic heterocycles. The summed E-state index contributed by atoms with van der Waals surface area (Å²) in [6.07, 6.45) is 0.600. The number of ether oxygens (including phenoxy) is 2. The first kappa shape index (κ1) is 31.1. The number of carbonyl (C=O) groups excluding carboxylic acids is 2. The minimum Gasteiger partial charge on any atom is -0.448 e. The average molecular weight is 610 g/mol. The first-order valence-corrected chi connectivity index (χ1v) is 15.5. The van der Waals surface area contributed by atoms with Crippen molar-refractivity contribution >= 4 is 33.8 Å². The van der Waals surface area contributed by atoms with Crippen LogP contribution in [0.2, 0.25) is 5.02 Å². The summed E-state index contributed by atoms with van der Waals surface area (Å²) in [5.74, 6) is -0.459. The van der Waals surface area contributed by atoms with Crippen LogP contribution in [0.5, 0.6) is 0 Å². The number of rotatable bonds is 5. The summed E-state index contributed by atoms with van der Waals surface area (Å²) in [5, 5.41) is 0.399. The Labute approximate surface area is 246 Å². The zero-order chi connectivity index (χ0) is 29.9. The zero-order valence-electron chi connectivity index (χ0n) is 23.8. The molecule has 0 aromatic heterocycles. The third-order valence-corrected chi connectivity index (χ3v) is 9.44. The van der Waals surface area contributed by atoms with Crippen molar-refractivity contribution in [3.05, 3.63) is 64.9 Å². The van der Waals surface area contributed by atoms with Crippen molar-refractivity contribution in [2.24, 2.45) is 0 Å². The Hall–Kier alpha value is -2.89. The molecule has 0 radical (unpaired) electrons. The molecule has 0 aliphatic carbocycles. The van der Waals surface area contributed by atoms with Gasteiger partial charge in [0.15, 0.2) is 0 Å². The van der Waals surface area contributed by atoms with Crippen molar-refractivity contribution in [3.63, 3.8) is 0 Å². The largest absolute Gasteiger partial charge is 0.448 e. The van der Waals surface area contributed by atoms with Gasteiger partial charge in [-0.1, -0.05) is 23.7 Å². The minimum atomic E-state index is -4.06. The van der Waals surface area contributed by atoms with E-state index in [0.29, 0.717) is 29.8 Å². The Balaban J connectivity index is 1.51. The molecule has 2 amide bonds. The molecule has 12 heteroatoms. The van der Waals surface area contributed by atoms with Gasteiger partial charge in [-0.3, -0.25) is 0 Å². The molecule has 2 aliphatic rings. The van der Waals surface area contributed by atoms with Crippen LogP contribution in [0.1, 0.15) is 58.6 Å². The molecule has 2 fully saturated rings. The van der Waals surface area contributed by atoms with Gasteiger partial charge in [-0.2, -0.15) is 4.31 Å². The highest BCUT2D eigenvalue weighted by molar-refractivity contribution is 7.89. The fourth-order valence-electron chi connectivity index (χ4n) is 5.30. The second-order valence-electron chi connectivity index (χ2n) is 11.5. The SMILES string of the molecule is CC1CN(C(=O)OC(C)(C)C)CCN1C(=O)OCC1CCCC(c2cccc(F)c2)N1S(=O)(=O)c1ccc(Cl)cc1. The summed E-state index contributed by atoms with van der Waals surface area (Å²) in [5.41, 5.74) is -0.0942. The summed E-state index contributed by atoms with van der Waals surface area (Å²) in [6.45, 7) is 7.85. The van der Waals surface area contributed by atoms with Gasteiger partial charge in [-0.05, 0) is 88.9 Å². The maximum atomic E-state index is 14.2. The molecule has 0 spiro atoms. The number of benzene rings is 2. The lowest BCUT2D eigenvalue weighted by Crippen LogP contribution is -2.56. The Kier molecular flexibility index (Phi) is 9.50. The quantitative estimate of drug-likeness (QED) is 0.422. The van der Waals surface area contributed by atoms with Crippen molar-refractivity contribution in [2.45, 2.75) is 75.6 Å². The predicted octanol–water partition coefficient (Wildman–Crippen LogP) is 5.84. The van der Waals surface area contributed by atoms with Crippen molar-refractivity contribution < 1.29 is 31.9 Å². The van der Waals surface area contributed by atoms with Crippen LogP contribution in [0.4, 0.5) is 14.0 Å². The maximum absolute atomic E-state index is 14.2. The number of hydrogen-bond acceptors (Lipinski definition) is 6. The molecule has 9 nitrogen and oxygen atoms in total. The van der Waals surface area contributed by atoms with E-state index in [1.165, 1.54) is 45.6 Å². The molecule has 0 saturated carbocycles. The number of piperidine rings is 1. The van der Waals surface area contributed by atoms with Gasteiger partial charge in [0.2, 0.25) is 10.0 Å². The van der Waals surface area contributed by atoms with E-state index < -0.39 is 45.7 Å². The summed E-state index contributed by atoms with van der Waals surface area (Å²) >= 11 is 6.00. The van der Waals surface area contributed by atoms with Crippen LogP contribution in [0.25, 0.3) is 0 Å². The molecule has 2 saturated heterocycles. The Morgan fingerprint density at radius 1 is 1.05 bits per heavy atom. The van der Waals surface area contributed by atoms with Crippen LogP contribution in [0.3, 0.4) is 0 Å². The third-order valence-electron chi connectivity index (χ3n) is 7.22. The highest BCUT2D eigenvalue weighted by Crippen LogP contribution is 2.39. The number of amides is 2. The molecule has 3 atom stereocenters. The van der Waals surface area contributed by atoms with E-state index in [4.69, 9.17) is 21.1 Å². The lowest BCUT2D eigenvalue weighted by Gasteiger charge is -2.42. The Bertz CT molecular complexity index is 1350. The number of carbonyl (C=O) groups is 2. The second kappa shape index (κ2) is 12.5. The van der Waals surface area contributed by atoms with E-state index in [-0.39, 0.29) is 37.2 Å². The first-order chi connectivity index (χ1) is 19.3. The molecule has 2 heterocycles. The zero-order valence-corrected chi connectivity index (χ0v) is 25.3. The van der Waals surface area contributed by atoms with Gasteiger partial charge in [0.25, 0.3) is 0 Å². The fourth-order valence-corrected chi connectivity index (χ4v) is 7.27. The van der Waals surface area contributed by atoms with Crippen molar-refractivity contribution in [1.82, 2.24) is 14.1 Å². The molecule has 3 unspecified atom stereocenters. The van der Waals surface area contributed by atoms with Crippen LogP contribution < -0.4 is 0 Å². The number of nitrogens with zero attached hydrogens (tertiary/aromatic N) is 3. The highest BCUT2D eigenvalue weighted by Gasteiger charge is 2.42. The number of piperazine rings is 1. The van der Waals surface area contributed by atoms with Crippen LogP contribution in [0, 0.1) is 5.82 Å². The van der Waals surface area contributed by atoms with Gasteiger partial charge in [-0.25, -0.2) is 22.4 Å². The van der Waals surface area contributed by atoms with Crippen molar-refractivity contribution in [1.29, 1.82) is 0 Å². The van der Waals surface area contributed by atoms with Gasteiger partial charge in [0.1, 0.15) is 18.0 Å². The topological polar surface area (TPSA) is 96.5 Å². The standard InChI is InChI=1S/C29H37ClFN3O6S/c1-20-18-32(27(35)40-29(2,3)4)15-16-33(20)28(36)39-19-24-9-6-10-26(21-7-5-8-23(31)17-21)34(24)41(37,38)25-13-11-22(30)12-14-25/h5,7-8,11-14,17,20,24,26H,6,9-10,15-16,18-19H2,1-4H3. The van der Waals surface area contributed by atoms with Crippen LogP contribution in [0.15, 0.2) is 53.4 Å². The number of hydrogen-bond donors (Lipinski definition) is 0. The molecule has 4 rings (SSSR count). The van der Waals surface area contributed by atoms with E-state index in [0.717, 1.165) is 0 Å². The number of halogens is 2. The molecule has 2 aromatic rings. The number of sulfonamides is 1. The summed E-state index contributed by atoms with van der Waals surface area (Å²) in [7, 11) is -4.06. The Morgan fingerprint density at radius 2 is 1.76 bits per heavy atom. The van der Waals surface area contributed by atoms with E-state index in [2.05, 4.69) is 0 Å². The Morgan fingerprint density at radius 3 is 2.39 bits per heavy atom. The van der Waals surface area contributed by atoms with E-state index in [9.17, 15) is 22.4 Å². The molecule has 224 valence electrons. The minimum absolute atomic E-state index is 0.0495. The fraction of sp³-hybridized carbons (Fsp3) is 0.517. The van der Waals surface area contributed by atoms with E-state index in [1.54, 1.807) is 37.8 Å².